The van der Waals surface area contributed by atoms with Crippen molar-refractivity contribution in [1.29, 1.82) is 0 Å². The van der Waals surface area contributed by atoms with E-state index >= 15 is 0 Å². The van der Waals surface area contributed by atoms with Crippen molar-refractivity contribution in [3.05, 3.63) is 35.9 Å². The summed E-state index contributed by atoms with van der Waals surface area (Å²) in [4.78, 5) is 22.0. The molecule has 16 heavy (non-hydrogen) atoms. The first-order valence-corrected chi connectivity index (χ1v) is 4.99. The van der Waals surface area contributed by atoms with E-state index in [2.05, 4.69) is 5.32 Å². The van der Waals surface area contributed by atoms with Gasteiger partial charge in [0.2, 0.25) is 0 Å². The lowest BCUT2D eigenvalue weighted by molar-refractivity contribution is -0.139. The van der Waals surface area contributed by atoms with Gasteiger partial charge in [0, 0.05) is 6.04 Å². The van der Waals surface area contributed by atoms with Gasteiger partial charge in [-0.25, -0.2) is 5.84 Å². The standard InChI is InChI=1S/C11H15N3O2/c1-8(13-10(15)11(16)14-12)7-9-5-3-2-4-6-9/h2-6,8H,7,12H2,1H3,(H,13,15)(H,14,16). The monoisotopic (exact) mass is 221 g/mol. The van der Waals surface area contributed by atoms with Crippen molar-refractivity contribution in [2.75, 3.05) is 0 Å². The Hall–Kier alpha value is -1.88. The summed E-state index contributed by atoms with van der Waals surface area (Å²) in [6, 6.07) is 9.59. The molecular formula is C11H15N3O2. The second-order valence-electron chi connectivity index (χ2n) is 3.54. The van der Waals surface area contributed by atoms with Gasteiger partial charge in [0.15, 0.2) is 0 Å². The molecule has 0 saturated carbocycles. The number of nitrogens with one attached hydrogen (secondary N) is 2. The Kier molecular flexibility index (Phi) is 4.47. The third-order valence-corrected chi connectivity index (χ3v) is 2.10. The van der Waals surface area contributed by atoms with Gasteiger partial charge >= 0.3 is 11.8 Å². The van der Waals surface area contributed by atoms with E-state index in [4.69, 9.17) is 5.84 Å². The minimum Gasteiger partial charge on any atom is -0.345 e. The zero-order valence-electron chi connectivity index (χ0n) is 9.07. The van der Waals surface area contributed by atoms with Gasteiger partial charge in [-0.15, -0.1) is 0 Å². The fourth-order valence-electron chi connectivity index (χ4n) is 1.37. The van der Waals surface area contributed by atoms with Crippen LogP contribution in [0.2, 0.25) is 0 Å². The molecule has 1 atom stereocenters. The van der Waals surface area contributed by atoms with Crippen molar-refractivity contribution < 1.29 is 9.59 Å². The molecule has 0 aliphatic heterocycles. The predicted molar refractivity (Wildman–Crippen MR) is 60.1 cm³/mol. The maximum absolute atomic E-state index is 11.2. The highest BCUT2D eigenvalue weighted by molar-refractivity contribution is 6.34. The van der Waals surface area contributed by atoms with Crippen molar-refractivity contribution in [1.82, 2.24) is 10.7 Å². The average Bonchev–Trinajstić information content (AvgIpc) is 2.29. The van der Waals surface area contributed by atoms with E-state index < -0.39 is 11.8 Å². The minimum atomic E-state index is -0.833. The Labute approximate surface area is 94.0 Å². The second-order valence-corrected chi connectivity index (χ2v) is 3.54. The first-order valence-electron chi connectivity index (χ1n) is 4.99. The molecule has 0 aliphatic carbocycles. The summed E-state index contributed by atoms with van der Waals surface area (Å²) in [6.45, 7) is 1.83. The molecule has 1 aromatic carbocycles. The smallest absolute Gasteiger partial charge is 0.323 e. The first-order chi connectivity index (χ1) is 7.63. The van der Waals surface area contributed by atoms with Gasteiger partial charge in [0.1, 0.15) is 0 Å². The number of benzene rings is 1. The highest BCUT2D eigenvalue weighted by atomic mass is 16.2. The summed E-state index contributed by atoms with van der Waals surface area (Å²) in [6.07, 6.45) is 0.671. The van der Waals surface area contributed by atoms with Crippen LogP contribution >= 0.6 is 0 Å². The van der Waals surface area contributed by atoms with E-state index in [-0.39, 0.29) is 6.04 Å². The molecule has 2 amide bonds. The molecule has 1 unspecified atom stereocenters. The predicted octanol–water partition coefficient (Wildman–Crippen LogP) is -0.276. The number of hydrogen-bond donors (Lipinski definition) is 3. The lowest BCUT2D eigenvalue weighted by Gasteiger charge is -2.12. The molecule has 0 saturated heterocycles. The maximum Gasteiger partial charge on any atom is 0.323 e. The molecule has 5 nitrogen and oxygen atoms in total. The zero-order valence-corrected chi connectivity index (χ0v) is 9.07. The molecule has 0 radical (unpaired) electrons. The van der Waals surface area contributed by atoms with Gasteiger partial charge in [0.25, 0.3) is 0 Å². The number of carbonyl (C=O) groups excluding carboxylic acids is 2. The largest absolute Gasteiger partial charge is 0.345 e. The van der Waals surface area contributed by atoms with Crippen LogP contribution in [-0.2, 0) is 16.0 Å². The second kappa shape index (κ2) is 5.87. The Bertz CT molecular complexity index is 365. The lowest BCUT2D eigenvalue weighted by Crippen LogP contribution is -2.46. The highest BCUT2D eigenvalue weighted by Gasteiger charge is 2.14. The Balaban J connectivity index is 2.45. The number of hydrazine groups is 1. The third-order valence-electron chi connectivity index (χ3n) is 2.10. The van der Waals surface area contributed by atoms with Crippen LogP contribution in [0.25, 0.3) is 0 Å². The summed E-state index contributed by atoms with van der Waals surface area (Å²) in [5.41, 5.74) is 2.88. The van der Waals surface area contributed by atoms with Gasteiger partial charge in [-0.1, -0.05) is 30.3 Å². The van der Waals surface area contributed by atoms with Gasteiger partial charge in [0.05, 0.1) is 0 Å². The summed E-state index contributed by atoms with van der Waals surface area (Å²) in [5.74, 6) is 3.29. The molecule has 4 N–H and O–H groups in total. The lowest BCUT2D eigenvalue weighted by atomic mass is 10.1. The Morgan fingerprint density at radius 2 is 1.88 bits per heavy atom. The van der Waals surface area contributed by atoms with Gasteiger partial charge < -0.3 is 5.32 Å². The van der Waals surface area contributed by atoms with E-state index in [0.29, 0.717) is 6.42 Å². The van der Waals surface area contributed by atoms with E-state index in [1.807, 2.05) is 37.3 Å². The third kappa shape index (κ3) is 3.70. The molecular weight excluding hydrogens is 206 g/mol. The van der Waals surface area contributed by atoms with Crippen LogP contribution in [0.1, 0.15) is 12.5 Å². The number of nitrogens with two attached hydrogens (primary N) is 1. The van der Waals surface area contributed by atoms with E-state index in [9.17, 15) is 9.59 Å². The maximum atomic E-state index is 11.2. The van der Waals surface area contributed by atoms with Crippen LogP contribution in [0.15, 0.2) is 30.3 Å². The highest BCUT2D eigenvalue weighted by Crippen LogP contribution is 2.02. The van der Waals surface area contributed by atoms with Crippen LogP contribution in [0, 0.1) is 0 Å². The van der Waals surface area contributed by atoms with E-state index in [0.717, 1.165) is 5.56 Å². The van der Waals surface area contributed by atoms with Crippen LogP contribution in [0.4, 0.5) is 0 Å². The summed E-state index contributed by atoms with van der Waals surface area (Å²) >= 11 is 0. The number of amides is 2. The normalized spacial score (nSPS) is 11.6. The Morgan fingerprint density at radius 3 is 2.44 bits per heavy atom. The van der Waals surface area contributed by atoms with Gasteiger partial charge in [-0.2, -0.15) is 0 Å². The zero-order chi connectivity index (χ0) is 12.0. The van der Waals surface area contributed by atoms with Crippen LogP contribution in [0.3, 0.4) is 0 Å². The molecule has 5 heteroatoms. The average molecular weight is 221 g/mol. The molecule has 0 spiro atoms. The van der Waals surface area contributed by atoms with Gasteiger partial charge in [-0.3, -0.25) is 15.0 Å². The summed E-state index contributed by atoms with van der Waals surface area (Å²) in [5, 5.41) is 2.55. The number of carbonyl (C=O) groups is 2. The summed E-state index contributed by atoms with van der Waals surface area (Å²) < 4.78 is 0. The topological polar surface area (TPSA) is 84.2 Å². The van der Waals surface area contributed by atoms with Gasteiger partial charge in [-0.05, 0) is 18.9 Å². The molecule has 1 aromatic rings. The van der Waals surface area contributed by atoms with Crippen molar-refractivity contribution >= 4 is 11.8 Å². The number of hydrogen-bond acceptors (Lipinski definition) is 3. The quantitative estimate of drug-likeness (QED) is 0.284. The molecule has 0 bridgehead atoms. The minimum absolute atomic E-state index is 0.118. The molecule has 0 aliphatic rings. The van der Waals surface area contributed by atoms with Crippen molar-refractivity contribution in [2.45, 2.75) is 19.4 Å². The fourth-order valence-corrected chi connectivity index (χ4v) is 1.37. The molecule has 0 aromatic heterocycles. The molecule has 0 fully saturated rings. The van der Waals surface area contributed by atoms with Crippen LogP contribution < -0.4 is 16.6 Å². The van der Waals surface area contributed by atoms with E-state index in [1.54, 1.807) is 5.43 Å². The van der Waals surface area contributed by atoms with Crippen molar-refractivity contribution in [3.63, 3.8) is 0 Å². The molecule has 0 heterocycles. The van der Waals surface area contributed by atoms with Crippen LogP contribution in [-0.4, -0.2) is 17.9 Å². The molecule has 86 valence electrons. The number of rotatable bonds is 3. The van der Waals surface area contributed by atoms with Crippen LogP contribution in [0.5, 0.6) is 0 Å². The first kappa shape index (κ1) is 12.2. The summed E-state index contributed by atoms with van der Waals surface area (Å²) in [7, 11) is 0. The SMILES string of the molecule is CC(Cc1ccccc1)NC(=O)C(=O)NN. The Morgan fingerprint density at radius 1 is 1.25 bits per heavy atom. The molecule has 1 rings (SSSR count). The van der Waals surface area contributed by atoms with E-state index in [1.165, 1.54) is 0 Å². The van der Waals surface area contributed by atoms with Crippen molar-refractivity contribution in [3.8, 4) is 0 Å². The fraction of sp³-hybridized carbons (Fsp3) is 0.273. The van der Waals surface area contributed by atoms with Crippen molar-refractivity contribution in [2.24, 2.45) is 5.84 Å².